The monoisotopic (exact) mass is 491 g/mol. The van der Waals surface area contributed by atoms with E-state index < -0.39 is 28.3 Å². The molecule has 0 spiro atoms. The van der Waals surface area contributed by atoms with Crippen molar-refractivity contribution < 1.29 is 22.5 Å². The highest BCUT2D eigenvalue weighted by molar-refractivity contribution is 7.90. The molecule has 4 heterocycles. The summed E-state index contributed by atoms with van der Waals surface area (Å²) in [6.07, 6.45) is 3.19. The second-order valence-corrected chi connectivity index (χ2v) is 11.3. The Morgan fingerprint density at radius 3 is 2.29 bits per heavy atom. The number of methoxy groups -OCH3 is 1. The average Bonchev–Trinajstić information content (AvgIpc) is 3.33. The van der Waals surface area contributed by atoms with Gasteiger partial charge in [-0.05, 0) is 58.0 Å². The molecule has 0 radical (unpaired) electrons. The van der Waals surface area contributed by atoms with E-state index in [1.165, 1.54) is 11.1 Å². The first-order valence-electron chi connectivity index (χ1n) is 11.2. The first-order chi connectivity index (χ1) is 16.5. The van der Waals surface area contributed by atoms with E-state index in [9.17, 15) is 8.42 Å². The standard InChI is InChI=1S/C25H26BN3O5S/c1-24(2)25(3,4)34-26(33-24)19-13-18-14-21(17-11-12-27-22(15-17)32-5)29(23(18)28-16-19)35(30,31)20-9-7-6-8-10-20/h6-16H,1-5H3. The molecule has 0 atom stereocenters. The third-order valence-electron chi connectivity index (χ3n) is 6.67. The highest BCUT2D eigenvalue weighted by atomic mass is 32.2. The van der Waals surface area contributed by atoms with Gasteiger partial charge in [0.1, 0.15) is 0 Å². The van der Waals surface area contributed by atoms with E-state index in [0.717, 1.165) is 0 Å². The van der Waals surface area contributed by atoms with Gasteiger partial charge in [-0.1, -0.05) is 18.2 Å². The molecule has 0 unspecified atom stereocenters. The van der Waals surface area contributed by atoms with Crippen molar-refractivity contribution in [1.29, 1.82) is 0 Å². The van der Waals surface area contributed by atoms with Gasteiger partial charge >= 0.3 is 7.12 Å². The Kier molecular flexibility index (Phi) is 5.50. The lowest BCUT2D eigenvalue weighted by molar-refractivity contribution is 0.00578. The topological polar surface area (TPSA) is 92.5 Å². The van der Waals surface area contributed by atoms with E-state index in [-0.39, 0.29) is 4.90 Å². The molecule has 180 valence electrons. The van der Waals surface area contributed by atoms with Crippen LogP contribution in [0.15, 0.2) is 71.9 Å². The Morgan fingerprint density at radius 2 is 1.63 bits per heavy atom. The fraction of sp³-hybridized carbons (Fsp3) is 0.280. The maximum atomic E-state index is 13.8. The summed E-state index contributed by atoms with van der Waals surface area (Å²) in [5.74, 6) is 0.377. The van der Waals surface area contributed by atoms with Crippen molar-refractivity contribution in [1.82, 2.24) is 13.9 Å². The lowest BCUT2D eigenvalue weighted by Crippen LogP contribution is -2.41. The van der Waals surface area contributed by atoms with Crippen LogP contribution in [0.2, 0.25) is 0 Å². The summed E-state index contributed by atoms with van der Waals surface area (Å²) in [4.78, 5) is 8.89. The molecule has 0 aliphatic carbocycles. The molecule has 1 saturated heterocycles. The van der Waals surface area contributed by atoms with Crippen LogP contribution in [0.4, 0.5) is 0 Å². The molecule has 5 rings (SSSR count). The van der Waals surface area contributed by atoms with Crippen molar-refractivity contribution in [3.63, 3.8) is 0 Å². The SMILES string of the molecule is COc1cc(-c2cc3cc(B4OC(C)(C)C(C)(C)O4)cnc3n2S(=O)(=O)c2ccccc2)ccn1. The number of rotatable bonds is 5. The molecular formula is C25H26BN3O5S. The summed E-state index contributed by atoms with van der Waals surface area (Å²) < 4.78 is 46.5. The smallest absolute Gasteiger partial charge is 0.481 e. The normalized spacial score (nSPS) is 17.1. The first-order valence-corrected chi connectivity index (χ1v) is 12.7. The van der Waals surface area contributed by atoms with Crippen molar-refractivity contribution in [2.24, 2.45) is 0 Å². The van der Waals surface area contributed by atoms with Crippen LogP contribution in [0.5, 0.6) is 5.88 Å². The average molecular weight is 491 g/mol. The summed E-state index contributed by atoms with van der Waals surface area (Å²) in [5, 5.41) is 0.641. The van der Waals surface area contributed by atoms with Gasteiger partial charge in [-0.3, -0.25) is 0 Å². The summed E-state index contributed by atoms with van der Waals surface area (Å²) in [7, 11) is -3.06. The molecule has 0 N–H and O–H groups in total. The van der Waals surface area contributed by atoms with E-state index in [0.29, 0.717) is 33.6 Å². The summed E-state index contributed by atoms with van der Waals surface area (Å²) in [6, 6.07) is 15.4. The number of pyridine rings is 2. The van der Waals surface area contributed by atoms with Crippen molar-refractivity contribution in [3.05, 3.63) is 67.0 Å². The summed E-state index contributed by atoms with van der Waals surface area (Å²) in [5.41, 5.74) is 1.08. The molecule has 1 aliphatic rings. The Bertz CT molecular complexity index is 1500. The van der Waals surface area contributed by atoms with Crippen molar-refractivity contribution in [2.45, 2.75) is 43.8 Å². The number of benzene rings is 1. The van der Waals surface area contributed by atoms with Crippen LogP contribution in [0.1, 0.15) is 27.7 Å². The number of hydrogen-bond acceptors (Lipinski definition) is 7. The van der Waals surface area contributed by atoms with Crippen molar-refractivity contribution >= 4 is 33.6 Å². The van der Waals surface area contributed by atoms with Crippen LogP contribution in [-0.2, 0) is 19.3 Å². The largest absolute Gasteiger partial charge is 0.496 e. The van der Waals surface area contributed by atoms with Crippen LogP contribution < -0.4 is 10.2 Å². The van der Waals surface area contributed by atoms with Gasteiger partial charge in [0, 0.05) is 34.9 Å². The minimum absolute atomic E-state index is 0.164. The first kappa shape index (κ1) is 23.5. The lowest BCUT2D eigenvalue weighted by atomic mass is 9.80. The number of fused-ring (bicyclic) bond motifs is 1. The van der Waals surface area contributed by atoms with Gasteiger partial charge in [0.25, 0.3) is 10.0 Å². The van der Waals surface area contributed by atoms with Gasteiger partial charge in [0.15, 0.2) is 5.65 Å². The molecule has 3 aromatic heterocycles. The van der Waals surface area contributed by atoms with Crippen LogP contribution in [0.3, 0.4) is 0 Å². The molecule has 0 bridgehead atoms. The fourth-order valence-corrected chi connectivity index (χ4v) is 5.53. The zero-order valence-corrected chi connectivity index (χ0v) is 21.0. The van der Waals surface area contributed by atoms with Crippen LogP contribution in [0.25, 0.3) is 22.3 Å². The molecule has 4 aromatic rings. The predicted molar refractivity (Wildman–Crippen MR) is 134 cm³/mol. The summed E-state index contributed by atoms with van der Waals surface area (Å²) in [6.45, 7) is 7.93. The predicted octanol–water partition coefficient (Wildman–Crippen LogP) is 3.64. The van der Waals surface area contributed by atoms with Gasteiger partial charge in [0.05, 0.1) is 28.9 Å². The van der Waals surface area contributed by atoms with Gasteiger partial charge < -0.3 is 14.0 Å². The van der Waals surface area contributed by atoms with Crippen LogP contribution in [0, 0.1) is 0 Å². The number of hydrogen-bond donors (Lipinski definition) is 0. The Hall–Kier alpha value is -3.21. The van der Waals surface area contributed by atoms with Crippen molar-refractivity contribution in [3.8, 4) is 17.1 Å². The Labute approximate surface area is 205 Å². The molecular weight excluding hydrogens is 465 g/mol. The quantitative estimate of drug-likeness (QED) is 0.394. The molecule has 0 amide bonds. The Balaban J connectivity index is 1.71. The van der Waals surface area contributed by atoms with E-state index in [4.69, 9.17) is 14.0 Å². The second-order valence-electron chi connectivity index (χ2n) is 9.47. The molecule has 1 fully saturated rings. The van der Waals surface area contributed by atoms with Crippen molar-refractivity contribution in [2.75, 3.05) is 7.11 Å². The van der Waals surface area contributed by atoms with Gasteiger partial charge in [0.2, 0.25) is 5.88 Å². The van der Waals surface area contributed by atoms with E-state index in [2.05, 4.69) is 9.97 Å². The maximum absolute atomic E-state index is 13.8. The van der Waals surface area contributed by atoms with E-state index in [1.54, 1.807) is 60.9 Å². The Morgan fingerprint density at radius 1 is 0.943 bits per heavy atom. The third-order valence-corrected chi connectivity index (χ3v) is 8.38. The molecule has 1 aromatic carbocycles. The molecule has 0 saturated carbocycles. The van der Waals surface area contributed by atoms with Gasteiger partial charge in [-0.15, -0.1) is 0 Å². The highest BCUT2D eigenvalue weighted by Gasteiger charge is 2.51. The van der Waals surface area contributed by atoms with Gasteiger partial charge in [-0.25, -0.2) is 22.4 Å². The number of aromatic nitrogens is 3. The summed E-state index contributed by atoms with van der Waals surface area (Å²) >= 11 is 0. The van der Waals surface area contributed by atoms with Gasteiger partial charge in [-0.2, -0.15) is 0 Å². The fourth-order valence-electron chi connectivity index (χ4n) is 4.02. The maximum Gasteiger partial charge on any atom is 0.496 e. The van der Waals surface area contributed by atoms with E-state index in [1.807, 2.05) is 33.8 Å². The van der Waals surface area contributed by atoms with E-state index >= 15 is 0 Å². The highest BCUT2D eigenvalue weighted by Crippen LogP contribution is 2.37. The number of ether oxygens (including phenoxy) is 1. The zero-order valence-electron chi connectivity index (χ0n) is 20.2. The minimum atomic E-state index is -3.96. The molecule has 8 nitrogen and oxygen atoms in total. The minimum Gasteiger partial charge on any atom is -0.481 e. The van der Waals surface area contributed by atoms with Crippen LogP contribution >= 0.6 is 0 Å². The molecule has 10 heteroatoms. The third kappa shape index (κ3) is 3.91. The second kappa shape index (κ2) is 8.18. The molecule has 35 heavy (non-hydrogen) atoms. The van der Waals surface area contributed by atoms with Crippen LogP contribution in [-0.4, -0.2) is 47.8 Å². The zero-order chi connectivity index (χ0) is 25.0. The number of nitrogens with zero attached hydrogens (tertiary/aromatic N) is 3. The lowest BCUT2D eigenvalue weighted by Gasteiger charge is -2.32. The molecule has 1 aliphatic heterocycles.